The third-order valence-corrected chi connectivity index (χ3v) is 0.892. The van der Waals surface area contributed by atoms with Crippen LogP contribution < -0.4 is 0 Å². The Hall–Kier alpha value is -0.648. The second kappa shape index (κ2) is 6.47. The Morgan fingerprint density at radius 1 is 1.20 bits per heavy atom. The number of nitrogens with one attached hydrogen (secondary N) is 1. The first kappa shape index (κ1) is 9.35. The number of rotatable bonds is 1. The maximum atomic E-state index is 9.88. The third-order valence-electron chi connectivity index (χ3n) is 0.892. The van der Waals surface area contributed by atoms with Crippen LogP contribution in [-0.4, -0.2) is 6.29 Å². The van der Waals surface area contributed by atoms with Crippen LogP contribution in [0.5, 0.6) is 0 Å². The Balaban J connectivity index is 0.000000371. The molecule has 0 spiro atoms. The summed E-state index contributed by atoms with van der Waals surface area (Å²) >= 11 is 2.00. The average molecular weight is 227 g/mol. The van der Waals surface area contributed by atoms with Gasteiger partial charge in [-0.25, -0.2) is 0 Å². The van der Waals surface area contributed by atoms with Crippen molar-refractivity contribution in [3.8, 4) is 0 Å². The van der Waals surface area contributed by atoms with E-state index >= 15 is 0 Å². The van der Waals surface area contributed by atoms with Gasteiger partial charge in [-0.1, -0.05) is 6.07 Å². The van der Waals surface area contributed by atoms with Crippen LogP contribution in [-0.2, 0) is 23.8 Å². The molecule has 3 heteroatoms. The van der Waals surface area contributed by atoms with Crippen LogP contribution in [0.15, 0.2) is 30.3 Å². The molecule has 0 unspecified atom stereocenters. The van der Waals surface area contributed by atoms with Crippen LogP contribution in [0.3, 0.4) is 0 Å². The molecule has 0 aliphatic rings. The van der Waals surface area contributed by atoms with Crippen molar-refractivity contribution in [3.05, 3.63) is 35.9 Å². The van der Waals surface area contributed by atoms with Crippen LogP contribution >= 0.6 is 0 Å². The Morgan fingerprint density at radius 3 is 2.00 bits per heavy atom. The van der Waals surface area contributed by atoms with Gasteiger partial charge < -0.3 is 4.79 Å². The van der Waals surface area contributed by atoms with E-state index in [1.54, 1.807) is 30.6 Å². The average Bonchev–Trinajstić information content (AvgIpc) is 2.10. The van der Waals surface area contributed by atoms with Gasteiger partial charge in [-0.15, -0.1) is 12.1 Å². The molecule has 0 heterocycles. The molecule has 2 nitrogen and oxygen atoms in total. The number of benzene rings is 1. The summed E-state index contributed by atoms with van der Waals surface area (Å²) < 4.78 is 5.60. The van der Waals surface area contributed by atoms with Gasteiger partial charge >= 0.3 is 23.0 Å². The molecular formula is C7H6NOPd-. The maximum absolute atomic E-state index is 9.88. The van der Waals surface area contributed by atoms with Crippen molar-refractivity contribution in [2.24, 2.45) is 0 Å². The van der Waals surface area contributed by atoms with E-state index in [1.807, 2.05) is 25.1 Å². The fraction of sp³-hybridized carbons (Fsp3) is 0. The second-order valence-corrected chi connectivity index (χ2v) is 1.47. The van der Waals surface area contributed by atoms with E-state index in [2.05, 4.69) is 0 Å². The van der Waals surface area contributed by atoms with Crippen molar-refractivity contribution in [2.45, 2.75) is 0 Å². The van der Waals surface area contributed by atoms with Crippen LogP contribution in [0.4, 0.5) is 0 Å². The first-order valence-electron chi connectivity index (χ1n) is 2.52. The fourth-order valence-corrected chi connectivity index (χ4v) is 0.506. The molecule has 0 bridgehead atoms. The summed E-state index contributed by atoms with van der Waals surface area (Å²) in [5.41, 5.74) is 0.604. The van der Waals surface area contributed by atoms with Gasteiger partial charge in [-0.3, -0.25) is 0 Å². The van der Waals surface area contributed by atoms with Gasteiger partial charge in [-0.2, -0.15) is 17.7 Å². The SMILES string of the molecule is O=[C-]c1ccccc1.[NH]=[Pd]. The van der Waals surface area contributed by atoms with Gasteiger partial charge in [0, 0.05) is 0 Å². The van der Waals surface area contributed by atoms with E-state index in [4.69, 9.17) is 3.99 Å². The molecule has 0 saturated heterocycles. The Bertz CT molecular complexity index is 188. The first-order chi connectivity index (χ1) is 4.93. The van der Waals surface area contributed by atoms with Crippen LogP contribution in [0, 0.1) is 3.99 Å². The van der Waals surface area contributed by atoms with E-state index in [-0.39, 0.29) is 0 Å². The number of hydrogen-bond donors (Lipinski definition) is 1. The summed E-state index contributed by atoms with van der Waals surface area (Å²) in [6.45, 7) is 0. The van der Waals surface area contributed by atoms with E-state index in [1.165, 1.54) is 0 Å². The van der Waals surface area contributed by atoms with E-state index in [0.717, 1.165) is 0 Å². The molecule has 1 rings (SSSR count). The number of carbonyl (C=O) groups excluding carboxylic acids is 1. The quantitative estimate of drug-likeness (QED) is 0.571. The van der Waals surface area contributed by atoms with Crippen LogP contribution in [0.25, 0.3) is 0 Å². The van der Waals surface area contributed by atoms with E-state index in [9.17, 15) is 4.79 Å². The van der Waals surface area contributed by atoms with E-state index < -0.39 is 0 Å². The molecular weight excluding hydrogens is 221 g/mol. The molecule has 0 atom stereocenters. The van der Waals surface area contributed by atoms with Crippen LogP contribution in [0.2, 0.25) is 0 Å². The summed E-state index contributed by atoms with van der Waals surface area (Å²) in [5.74, 6) is 0. The predicted octanol–water partition coefficient (Wildman–Crippen LogP) is 1.44. The topological polar surface area (TPSA) is 40.9 Å². The Kier molecular flexibility index (Phi) is 6.05. The van der Waals surface area contributed by atoms with Crippen molar-refractivity contribution < 1.29 is 23.8 Å². The zero-order valence-corrected chi connectivity index (χ0v) is 6.67. The van der Waals surface area contributed by atoms with Gasteiger partial charge in [0.25, 0.3) is 0 Å². The number of hydrogen-bond acceptors (Lipinski definition) is 2. The van der Waals surface area contributed by atoms with Gasteiger partial charge in [0.2, 0.25) is 0 Å². The molecule has 0 aliphatic heterocycles. The van der Waals surface area contributed by atoms with Crippen molar-refractivity contribution >= 4 is 6.29 Å². The molecule has 1 aromatic rings. The van der Waals surface area contributed by atoms with Gasteiger partial charge in [0.15, 0.2) is 0 Å². The molecule has 0 radical (unpaired) electrons. The minimum atomic E-state index is 0.604. The summed E-state index contributed by atoms with van der Waals surface area (Å²) in [6, 6.07) is 8.90. The molecule has 0 aliphatic carbocycles. The summed E-state index contributed by atoms with van der Waals surface area (Å²) in [6.07, 6.45) is 1.78. The fourth-order valence-electron chi connectivity index (χ4n) is 0.506. The van der Waals surface area contributed by atoms with Crippen molar-refractivity contribution in [2.75, 3.05) is 0 Å². The molecule has 1 aromatic carbocycles. The van der Waals surface area contributed by atoms with Crippen molar-refractivity contribution in [3.63, 3.8) is 0 Å². The molecule has 0 fully saturated rings. The van der Waals surface area contributed by atoms with Crippen molar-refractivity contribution in [1.29, 1.82) is 3.99 Å². The molecule has 56 valence electrons. The molecule has 1 N–H and O–H groups in total. The zero-order chi connectivity index (χ0) is 7.82. The summed E-state index contributed by atoms with van der Waals surface area (Å²) in [7, 11) is 0. The molecule has 0 saturated carbocycles. The van der Waals surface area contributed by atoms with Crippen LogP contribution in [0.1, 0.15) is 5.56 Å². The second-order valence-electron chi connectivity index (χ2n) is 1.47. The van der Waals surface area contributed by atoms with Gasteiger partial charge in [0.1, 0.15) is 0 Å². The van der Waals surface area contributed by atoms with Gasteiger partial charge in [0.05, 0.1) is 6.29 Å². The monoisotopic (exact) mass is 226 g/mol. The van der Waals surface area contributed by atoms with Crippen molar-refractivity contribution in [1.82, 2.24) is 0 Å². The zero-order valence-electron chi connectivity index (χ0n) is 5.11. The summed E-state index contributed by atoms with van der Waals surface area (Å²) in [4.78, 5) is 9.88. The predicted molar refractivity (Wildman–Crippen MR) is 34.0 cm³/mol. The summed E-state index contributed by atoms with van der Waals surface area (Å²) in [5, 5.41) is 0. The Morgan fingerprint density at radius 2 is 1.70 bits per heavy atom. The Labute approximate surface area is 70.3 Å². The molecule has 0 amide bonds. The molecule has 0 aromatic heterocycles. The standard InChI is InChI=1S/C7H5O.HN.Pd/c8-6-7-4-2-1-3-5-7;;/h1-5H;1H;/q-1;;. The van der Waals surface area contributed by atoms with E-state index in [0.29, 0.717) is 5.56 Å². The normalized spacial score (nSPS) is 7.40. The first-order valence-corrected chi connectivity index (χ1v) is 3.30. The minimum absolute atomic E-state index is 0.604. The third kappa shape index (κ3) is 3.39. The molecule has 10 heavy (non-hydrogen) atoms. The van der Waals surface area contributed by atoms with Gasteiger partial charge in [-0.05, 0) is 0 Å².